The van der Waals surface area contributed by atoms with Gasteiger partial charge in [0.2, 0.25) is 5.91 Å². The maximum absolute atomic E-state index is 13.0. The van der Waals surface area contributed by atoms with Crippen molar-refractivity contribution in [1.82, 2.24) is 14.5 Å². The van der Waals surface area contributed by atoms with Crippen molar-refractivity contribution in [3.05, 3.63) is 125 Å². The van der Waals surface area contributed by atoms with Crippen LogP contribution in [0.1, 0.15) is 53.8 Å². The highest BCUT2D eigenvalue weighted by molar-refractivity contribution is 5.85. The number of likely N-dealkylation sites (tertiary alicyclic amines) is 1. The Hall–Kier alpha value is -3.62. The van der Waals surface area contributed by atoms with Gasteiger partial charge in [-0.25, -0.2) is 4.98 Å². The van der Waals surface area contributed by atoms with Crippen LogP contribution in [0.15, 0.2) is 97.3 Å². The third-order valence-electron chi connectivity index (χ3n) is 8.56. The van der Waals surface area contributed by atoms with Gasteiger partial charge in [-0.1, -0.05) is 91.0 Å². The summed E-state index contributed by atoms with van der Waals surface area (Å²) < 4.78 is 41.3. The molecular formula is C34H38ClF3N4O. The maximum atomic E-state index is 13.0. The van der Waals surface area contributed by atoms with E-state index in [9.17, 15) is 18.0 Å². The maximum Gasteiger partial charge on any atom is 0.391 e. The molecule has 0 saturated carbocycles. The van der Waals surface area contributed by atoms with Crippen LogP contribution < -0.4 is 5.73 Å². The molecule has 1 aliphatic heterocycles. The molecule has 9 heteroatoms. The van der Waals surface area contributed by atoms with Crippen LogP contribution in [-0.2, 0) is 16.8 Å². The second-order valence-electron chi connectivity index (χ2n) is 11.1. The van der Waals surface area contributed by atoms with Crippen molar-refractivity contribution >= 4 is 18.3 Å². The van der Waals surface area contributed by atoms with E-state index in [1.165, 1.54) is 4.90 Å². The molecule has 4 aromatic rings. The number of nitrogens with two attached hydrogens (primary N) is 1. The largest absolute Gasteiger partial charge is 0.391 e. The molecule has 1 unspecified atom stereocenters. The van der Waals surface area contributed by atoms with Gasteiger partial charge in [0.25, 0.3) is 0 Å². The number of rotatable bonds is 9. The van der Waals surface area contributed by atoms with E-state index in [1.54, 1.807) is 0 Å². The molecule has 1 amide bonds. The fourth-order valence-corrected chi connectivity index (χ4v) is 6.26. The molecular weight excluding hydrogens is 573 g/mol. The van der Waals surface area contributed by atoms with Crippen LogP contribution >= 0.6 is 12.4 Å². The highest BCUT2D eigenvalue weighted by Crippen LogP contribution is 2.42. The normalized spacial score (nSPS) is 15.1. The molecule has 1 atom stereocenters. The minimum atomic E-state index is -4.21. The molecule has 0 bridgehead atoms. The van der Waals surface area contributed by atoms with Gasteiger partial charge in [-0.3, -0.25) is 4.79 Å². The average molecular weight is 611 g/mol. The number of alkyl halides is 3. The van der Waals surface area contributed by atoms with Crippen molar-refractivity contribution in [3.8, 4) is 0 Å². The summed E-state index contributed by atoms with van der Waals surface area (Å²) in [5, 5.41) is 0. The van der Waals surface area contributed by atoms with E-state index in [0.717, 1.165) is 28.1 Å². The van der Waals surface area contributed by atoms with Crippen LogP contribution in [0.5, 0.6) is 0 Å². The van der Waals surface area contributed by atoms with Gasteiger partial charge in [0.1, 0.15) is 5.54 Å². The Balaban J connectivity index is 0.00000423. The Bertz CT molecular complexity index is 1360. The van der Waals surface area contributed by atoms with E-state index in [2.05, 4.69) is 47.9 Å². The number of nitrogens with zero attached hydrogens (tertiary/aromatic N) is 3. The third kappa shape index (κ3) is 6.65. The molecule has 43 heavy (non-hydrogen) atoms. The standard InChI is InChI=1S/C34H37F3N4O.ClH/c1-25-31(19-11-18-30(38)32(42)40-22-20-29(21-23-40)34(35,36)37)39-24-41(25)33(26-12-5-2-6-13-26,27-14-7-3-8-15-27)28-16-9-4-10-17-28;/h2-10,12-17,24,29-30H,11,18-23,38H2,1H3;1H. The molecule has 1 fully saturated rings. The van der Waals surface area contributed by atoms with Gasteiger partial charge in [0, 0.05) is 18.8 Å². The molecule has 228 valence electrons. The molecule has 0 spiro atoms. The molecule has 5 rings (SSSR count). The molecule has 0 aliphatic carbocycles. The smallest absolute Gasteiger partial charge is 0.341 e. The van der Waals surface area contributed by atoms with Crippen LogP contribution in [-0.4, -0.2) is 45.7 Å². The van der Waals surface area contributed by atoms with Crippen LogP contribution in [0.2, 0.25) is 0 Å². The van der Waals surface area contributed by atoms with Gasteiger partial charge in [-0.15, -0.1) is 12.4 Å². The van der Waals surface area contributed by atoms with Crippen molar-refractivity contribution in [2.24, 2.45) is 11.7 Å². The van der Waals surface area contributed by atoms with Gasteiger partial charge < -0.3 is 15.2 Å². The number of carbonyl (C=O) groups is 1. The summed E-state index contributed by atoms with van der Waals surface area (Å²) in [6, 6.07) is 30.4. The summed E-state index contributed by atoms with van der Waals surface area (Å²) in [4.78, 5) is 19.2. The molecule has 1 aromatic heterocycles. The Morgan fingerprint density at radius 2 is 1.35 bits per heavy atom. The number of aryl methyl sites for hydroxylation is 1. The summed E-state index contributed by atoms with van der Waals surface area (Å²) in [6.45, 7) is 2.27. The molecule has 3 aromatic carbocycles. The number of hydrogen-bond donors (Lipinski definition) is 1. The van der Waals surface area contributed by atoms with Crippen LogP contribution in [0, 0.1) is 12.8 Å². The van der Waals surface area contributed by atoms with Gasteiger partial charge in [0.15, 0.2) is 0 Å². The van der Waals surface area contributed by atoms with Crippen molar-refractivity contribution in [1.29, 1.82) is 0 Å². The first kappa shape index (κ1) is 32.3. The van der Waals surface area contributed by atoms with Crippen LogP contribution in [0.3, 0.4) is 0 Å². The number of halogens is 4. The molecule has 1 aliphatic rings. The highest BCUT2D eigenvalue weighted by Gasteiger charge is 2.42. The second-order valence-corrected chi connectivity index (χ2v) is 11.1. The van der Waals surface area contributed by atoms with Crippen LogP contribution in [0.25, 0.3) is 0 Å². The number of imidazole rings is 1. The molecule has 1 saturated heterocycles. The van der Waals surface area contributed by atoms with E-state index in [1.807, 2.05) is 60.9 Å². The number of hydrogen-bond acceptors (Lipinski definition) is 3. The fourth-order valence-electron chi connectivity index (χ4n) is 6.26. The van der Waals surface area contributed by atoms with E-state index in [-0.39, 0.29) is 44.2 Å². The number of carbonyl (C=O) groups excluding carboxylic acids is 1. The van der Waals surface area contributed by atoms with Crippen LogP contribution in [0.4, 0.5) is 13.2 Å². The third-order valence-corrected chi connectivity index (χ3v) is 8.56. The molecule has 0 radical (unpaired) electrons. The summed E-state index contributed by atoms with van der Waals surface area (Å²) in [6.07, 6.45) is -0.741. The Labute approximate surface area is 257 Å². The first-order valence-corrected chi connectivity index (χ1v) is 14.5. The quantitative estimate of drug-likeness (QED) is 0.210. The molecule has 2 N–H and O–H groups in total. The monoisotopic (exact) mass is 610 g/mol. The number of aromatic nitrogens is 2. The van der Waals surface area contributed by atoms with E-state index in [0.29, 0.717) is 19.3 Å². The zero-order valence-corrected chi connectivity index (χ0v) is 25.0. The van der Waals surface area contributed by atoms with Gasteiger partial charge >= 0.3 is 6.18 Å². The lowest BCUT2D eigenvalue weighted by molar-refractivity contribution is -0.186. The molecule has 5 nitrogen and oxygen atoms in total. The number of amides is 1. The topological polar surface area (TPSA) is 64.2 Å². The Morgan fingerprint density at radius 3 is 1.79 bits per heavy atom. The summed E-state index contributed by atoms with van der Waals surface area (Å²) >= 11 is 0. The highest BCUT2D eigenvalue weighted by atomic mass is 35.5. The van der Waals surface area contributed by atoms with E-state index < -0.39 is 23.7 Å². The predicted octanol–water partition coefficient (Wildman–Crippen LogP) is 6.90. The van der Waals surface area contributed by atoms with Gasteiger partial charge in [0.05, 0.1) is 24.0 Å². The number of benzene rings is 3. The van der Waals surface area contributed by atoms with Crippen molar-refractivity contribution < 1.29 is 18.0 Å². The zero-order valence-electron chi connectivity index (χ0n) is 24.2. The van der Waals surface area contributed by atoms with Gasteiger partial charge in [-0.2, -0.15) is 13.2 Å². The second kappa shape index (κ2) is 13.8. The minimum absolute atomic E-state index is 0. The summed E-state index contributed by atoms with van der Waals surface area (Å²) in [7, 11) is 0. The Kier molecular flexibility index (Phi) is 10.4. The summed E-state index contributed by atoms with van der Waals surface area (Å²) in [5.41, 5.74) is 10.8. The number of piperidine rings is 1. The van der Waals surface area contributed by atoms with Crippen molar-refractivity contribution in [3.63, 3.8) is 0 Å². The minimum Gasteiger partial charge on any atom is -0.341 e. The summed E-state index contributed by atoms with van der Waals surface area (Å²) in [5.74, 6) is -1.61. The van der Waals surface area contributed by atoms with E-state index in [4.69, 9.17) is 10.7 Å². The van der Waals surface area contributed by atoms with Crippen molar-refractivity contribution in [2.75, 3.05) is 13.1 Å². The SMILES string of the molecule is Cc1c(CCCC(N)C(=O)N2CCC(C(F)(F)F)CC2)ncn1C(c1ccccc1)(c1ccccc1)c1ccccc1.Cl. The lowest BCUT2D eigenvalue weighted by Gasteiger charge is -2.38. The Morgan fingerprint density at radius 1 is 0.884 bits per heavy atom. The van der Waals surface area contributed by atoms with Gasteiger partial charge in [-0.05, 0) is 55.7 Å². The fraction of sp³-hybridized carbons (Fsp3) is 0.353. The zero-order chi connectivity index (χ0) is 29.7. The molecule has 2 heterocycles. The van der Waals surface area contributed by atoms with E-state index >= 15 is 0 Å². The first-order chi connectivity index (χ1) is 20.2. The average Bonchev–Trinajstić information content (AvgIpc) is 3.38. The lowest BCUT2D eigenvalue weighted by atomic mass is 9.76. The first-order valence-electron chi connectivity index (χ1n) is 14.5. The lowest BCUT2D eigenvalue weighted by Crippen LogP contribution is -2.48. The van der Waals surface area contributed by atoms with Crippen molar-refractivity contribution in [2.45, 2.75) is 56.8 Å². The predicted molar refractivity (Wildman–Crippen MR) is 165 cm³/mol.